The maximum absolute atomic E-state index is 13.6. The normalized spacial score (nSPS) is 22.2. The number of aromatic nitrogens is 1. The molecule has 0 bridgehead atoms. The van der Waals surface area contributed by atoms with Crippen LogP contribution in [0.1, 0.15) is 50.8 Å². The van der Waals surface area contributed by atoms with Crippen LogP contribution in [0.5, 0.6) is 0 Å². The summed E-state index contributed by atoms with van der Waals surface area (Å²) in [6, 6.07) is 1.44. The predicted octanol–water partition coefficient (Wildman–Crippen LogP) is 4.29. The van der Waals surface area contributed by atoms with Gasteiger partial charge in [-0.15, -0.1) is 0 Å². The Morgan fingerprint density at radius 1 is 1.16 bits per heavy atom. The van der Waals surface area contributed by atoms with Gasteiger partial charge in [-0.25, -0.2) is 4.98 Å². The summed E-state index contributed by atoms with van der Waals surface area (Å²) in [5, 5.41) is 0. The van der Waals surface area contributed by atoms with E-state index < -0.39 is 11.7 Å². The van der Waals surface area contributed by atoms with E-state index in [2.05, 4.69) is 16.8 Å². The molecule has 0 atom stereocenters. The smallest absolute Gasteiger partial charge is 0.381 e. The summed E-state index contributed by atoms with van der Waals surface area (Å²) < 4.78 is 57.5. The zero-order valence-electron chi connectivity index (χ0n) is 18.4. The van der Waals surface area contributed by atoms with Crippen molar-refractivity contribution in [2.45, 2.75) is 64.0 Å². The molecule has 0 aromatic carbocycles. The Bertz CT molecular complexity index is 774. The molecule has 2 aliphatic rings. The Labute approximate surface area is 182 Å². The van der Waals surface area contributed by atoms with Gasteiger partial charge in [-0.1, -0.05) is 19.8 Å². The Kier molecular flexibility index (Phi) is 8.20. The molecule has 1 aromatic rings. The molecule has 0 radical (unpaired) electrons. The summed E-state index contributed by atoms with van der Waals surface area (Å²) >= 11 is 0. The van der Waals surface area contributed by atoms with Crippen molar-refractivity contribution in [3.8, 4) is 11.8 Å². The third kappa shape index (κ3) is 6.83. The highest BCUT2D eigenvalue weighted by Gasteiger charge is 2.37. The van der Waals surface area contributed by atoms with Gasteiger partial charge in [-0.2, -0.15) is 13.2 Å². The van der Waals surface area contributed by atoms with Crippen molar-refractivity contribution in [3.63, 3.8) is 0 Å². The monoisotopic (exact) mass is 440 g/mol. The molecule has 0 spiro atoms. The van der Waals surface area contributed by atoms with Crippen LogP contribution >= 0.6 is 0 Å². The maximum Gasteiger partial charge on any atom is 0.419 e. The first-order valence-corrected chi connectivity index (χ1v) is 10.8. The average Bonchev–Trinajstić information content (AvgIpc) is 2.69. The number of halogens is 3. The van der Waals surface area contributed by atoms with Crippen LogP contribution in [-0.4, -0.2) is 56.7 Å². The number of anilines is 1. The van der Waals surface area contributed by atoms with Gasteiger partial charge in [0.1, 0.15) is 12.3 Å². The third-order valence-electron chi connectivity index (χ3n) is 5.58. The van der Waals surface area contributed by atoms with Crippen molar-refractivity contribution in [1.29, 1.82) is 0 Å². The lowest BCUT2D eigenvalue weighted by Gasteiger charge is -2.40. The zero-order valence-corrected chi connectivity index (χ0v) is 18.4. The Morgan fingerprint density at radius 2 is 1.87 bits per heavy atom. The van der Waals surface area contributed by atoms with Crippen LogP contribution in [0.25, 0.3) is 0 Å². The van der Waals surface area contributed by atoms with E-state index in [1.54, 1.807) is 12.0 Å². The van der Waals surface area contributed by atoms with Crippen LogP contribution in [0, 0.1) is 17.8 Å². The molecule has 2 heterocycles. The fourth-order valence-electron chi connectivity index (χ4n) is 3.79. The van der Waals surface area contributed by atoms with Gasteiger partial charge in [-0.3, -0.25) is 0 Å². The van der Waals surface area contributed by atoms with Crippen LogP contribution < -0.4 is 4.90 Å². The Hall–Kier alpha value is -1.82. The molecule has 1 aliphatic heterocycles. The van der Waals surface area contributed by atoms with Crippen molar-refractivity contribution in [2.24, 2.45) is 5.92 Å². The summed E-state index contributed by atoms with van der Waals surface area (Å²) in [6.45, 7) is 5.89. The van der Waals surface area contributed by atoms with Gasteiger partial charge < -0.3 is 19.1 Å². The lowest BCUT2D eigenvalue weighted by molar-refractivity contribution is -0.137. The molecule has 0 N–H and O–H groups in total. The number of nitrogens with zero attached hydrogens (tertiary/aromatic N) is 2. The lowest BCUT2D eigenvalue weighted by Crippen LogP contribution is -2.43. The molecule has 0 unspecified atom stereocenters. The minimum absolute atomic E-state index is 0.0765. The molecule has 31 heavy (non-hydrogen) atoms. The number of hydrogen-bond donors (Lipinski definition) is 0. The number of alkyl halides is 3. The second kappa shape index (κ2) is 10.7. The molecule has 1 saturated carbocycles. The number of hydrogen-bond acceptors (Lipinski definition) is 5. The van der Waals surface area contributed by atoms with Crippen LogP contribution in [0.15, 0.2) is 12.3 Å². The quantitative estimate of drug-likeness (QED) is 0.468. The third-order valence-corrected chi connectivity index (χ3v) is 5.58. The zero-order chi connectivity index (χ0) is 22.4. The Balaban J connectivity index is 1.62. The van der Waals surface area contributed by atoms with Crippen molar-refractivity contribution in [3.05, 3.63) is 23.5 Å². The highest BCUT2D eigenvalue weighted by molar-refractivity contribution is 5.57. The van der Waals surface area contributed by atoms with Crippen molar-refractivity contribution in [1.82, 2.24) is 4.98 Å². The fraction of sp³-hybridized carbons (Fsp3) is 0.696. The van der Waals surface area contributed by atoms with Gasteiger partial charge >= 0.3 is 6.18 Å². The summed E-state index contributed by atoms with van der Waals surface area (Å²) in [7, 11) is 1.70. The number of methoxy groups -OCH3 is 1. The van der Waals surface area contributed by atoms with E-state index in [4.69, 9.17) is 14.2 Å². The highest BCUT2D eigenvalue weighted by atomic mass is 19.4. The number of rotatable bonds is 7. The molecule has 3 rings (SSSR count). The standard InChI is InChI=1S/C23H31F3N2O3/c1-16(2)15-30-10-4-5-17-11-22(21(14-27-17)23(24,25)26)28-8-6-18(7-9-28)31-20-12-19(13-20)29-3/h11,14,16,18-20H,6-10,12-13,15H2,1-3H3. The number of ether oxygens (including phenoxy) is 3. The Morgan fingerprint density at radius 3 is 2.48 bits per heavy atom. The van der Waals surface area contributed by atoms with Gasteiger partial charge in [0, 0.05) is 26.4 Å². The molecule has 1 aromatic heterocycles. The predicted molar refractivity (Wildman–Crippen MR) is 112 cm³/mol. The van der Waals surface area contributed by atoms with Gasteiger partial charge in [0.25, 0.3) is 0 Å². The second-order valence-corrected chi connectivity index (χ2v) is 8.57. The average molecular weight is 441 g/mol. The summed E-state index contributed by atoms with van der Waals surface area (Å²) in [5.74, 6) is 6.05. The van der Waals surface area contributed by atoms with E-state index in [1.165, 1.54) is 6.07 Å². The minimum Gasteiger partial charge on any atom is -0.381 e. The number of pyridine rings is 1. The minimum atomic E-state index is -4.47. The molecule has 0 amide bonds. The SMILES string of the molecule is COC1CC(OC2CCN(c3cc(C#CCOCC(C)C)ncc3C(F)(F)F)CC2)C1. The van der Waals surface area contributed by atoms with E-state index in [1.807, 2.05) is 13.8 Å². The second-order valence-electron chi connectivity index (χ2n) is 8.57. The summed E-state index contributed by atoms with van der Waals surface area (Å²) in [4.78, 5) is 5.68. The summed E-state index contributed by atoms with van der Waals surface area (Å²) in [5.41, 5.74) is -0.276. The van der Waals surface area contributed by atoms with Gasteiger partial charge in [0.2, 0.25) is 0 Å². The highest BCUT2D eigenvalue weighted by Crippen LogP contribution is 2.38. The van der Waals surface area contributed by atoms with Crippen LogP contribution in [0.2, 0.25) is 0 Å². The van der Waals surface area contributed by atoms with E-state index >= 15 is 0 Å². The lowest BCUT2D eigenvalue weighted by atomic mass is 9.91. The van der Waals surface area contributed by atoms with Crippen LogP contribution in [0.3, 0.4) is 0 Å². The largest absolute Gasteiger partial charge is 0.419 e. The maximum atomic E-state index is 13.6. The van der Waals surface area contributed by atoms with E-state index in [0.717, 1.165) is 19.0 Å². The molecule has 2 fully saturated rings. The molecule has 5 nitrogen and oxygen atoms in total. The van der Waals surface area contributed by atoms with Crippen molar-refractivity contribution >= 4 is 5.69 Å². The van der Waals surface area contributed by atoms with Crippen molar-refractivity contribution < 1.29 is 27.4 Å². The molecule has 1 aliphatic carbocycles. The fourth-order valence-corrected chi connectivity index (χ4v) is 3.79. The first-order valence-electron chi connectivity index (χ1n) is 10.8. The van der Waals surface area contributed by atoms with Crippen LogP contribution in [-0.2, 0) is 20.4 Å². The molecule has 8 heteroatoms. The van der Waals surface area contributed by atoms with Gasteiger partial charge in [0.05, 0.1) is 36.2 Å². The van der Waals surface area contributed by atoms with E-state index in [0.29, 0.717) is 44.1 Å². The first kappa shape index (κ1) is 23.8. The molecule has 172 valence electrons. The van der Waals surface area contributed by atoms with Crippen molar-refractivity contribution in [2.75, 3.05) is 38.3 Å². The van der Waals surface area contributed by atoms with Gasteiger partial charge in [0.15, 0.2) is 0 Å². The first-order chi connectivity index (χ1) is 14.8. The van der Waals surface area contributed by atoms with Gasteiger partial charge in [-0.05, 0) is 43.6 Å². The van der Waals surface area contributed by atoms with E-state index in [9.17, 15) is 13.2 Å². The molecular formula is C23H31F3N2O3. The molecular weight excluding hydrogens is 409 g/mol. The van der Waals surface area contributed by atoms with E-state index in [-0.39, 0.29) is 30.6 Å². The number of piperidine rings is 1. The topological polar surface area (TPSA) is 43.8 Å². The molecule has 1 saturated heterocycles. The van der Waals surface area contributed by atoms with Crippen LogP contribution in [0.4, 0.5) is 18.9 Å². The summed E-state index contributed by atoms with van der Waals surface area (Å²) in [6.07, 6.45) is 0.131.